The molecule has 0 aliphatic carbocycles. The number of hydrogen-bond acceptors (Lipinski definition) is 5. The van der Waals surface area contributed by atoms with E-state index in [1.54, 1.807) is 12.1 Å². The lowest BCUT2D eigenvalue weighted by molar-refractivity contribution is 0.293. The van der Waals surface area contributed by atoms with E-state index in [1.807, 2.05) is 6.07 Å². The van der Waals surface area contributed by atoms with Gasteiger partial charge in [0.1, 0.15) is 0 Å². The molecule has 2 rings (SSSR count). The number of nitrogen functional groups attached to an aromatic ring is 1. The molecule has 0 saturated carbocycles. The van der Waals surface area contributed by atoms with Gasteiger partial charge < -0.3 is 15.4 Å². The number of aliphatic hydroxyl groups is 1. The summed E-state index contributed by atoms with van der Waals surface area (Å²) in [6.07, 6.45) is 0.389. The molecule has 1 aromatic heterocycles. The molecule has 16 heavy (non-hydrogen) atoms. The first kappa shape index (κ1) is 11.1. The molecule has 84 valence electrons. The Morgan fingerprint density at radius 2 is 2.25 bits per heavy atom. The molecule has 0 unspecified atom stereocenters. The Hall–Kier alpha value is -1.40. The second-order valence-electron chi connectivity index (χ2n) is 3.23. The van der Waals surface area contributed by atoms with Gasteiger partial charge in [0.15, 0.2) is 5.82 Å². The first-order valence-corrected chi connectivity index (χ1v) is 5.49. The minimum atomic E-state index is 0.00437. The van der Waals surface area contributed by atoms with Crippen molar-refractivity contribution >= 4 is 21.6 Å². The molecule has 0 fully saturated rings. The van der Waals surface area contributed by atoms with E-state index in [0.717, 1.165) is 10.0 Å². The normalized spacial score (nSPS) is 10.6. The number of aliphatic hydroxyl groups excluding tert-OH is 1. The Balaban J connectivity index is 2.31. The third-order valence-electron chi connectivity index (χ3n) is 2.05. The fourth-order valence-corrected chi connectivity index (χ4v) is 1.61. The average Bonchev–Trinajstić information content (AvgIpc) is 2.71. The van der Waals surface area contributed by atoms with Gasteiger partial charge in [-0.25, -0.2) is 0 Å². The molecular formula is C10H10BrN3O2. The Morgan fingerprint density at radius 3 is 2.94 bits per heavy atom. The van der Waals surface area contributed by atoms with Crippen molar-refractivity contribution in [3.8, 4) is 11.5 Å². The van der Waals surface area contributed by atoms with Crippen LogP contribution in [0.15, 0.2) is 27.2 Å². The van der Waals surface area contributed by atoms with E-state index in [1.165, 1.54) is 0 Å². The second kappa shape index (κ2) is 4.63. The molecule has 0 spiro atoms. The molecule has 0 amide bonds. The smallest absolute Gasteiger partial charge is 0.257 e. The molecule has 1 aromatic carbocycles. The maximum atomic E-state index is 8.73. The van der Waals surface area contributed by atoms with Gasteiger partial charge in [0.25, 0.3) is 5.89 Å². The largest absolute Gasteiger partial charge is 0.398 e. The number of rotatable bonds is 3. The number of anilines is 1. The monoisotopic (exact) mass is 283 g/mol. The van der Waals surface area contributed by atoms with Crippen LogP contribution in [-0.4, -0.2) is 21.9 Å². The summed E-state index contributed by atoms with van der Waals surface area (Å²) in [5.41, 5.74) is 7.11. The van der Waals surface area contributed by atoms with Crippen LogP contribution in [0.1, 0.15) is 5.82 Å². The van der Waals surface area contributed by atoms with Crippen LogP contribution in [0.3, 0.4) is 0 Å². The Bertz CT molecular complexity index is 499. The summed E-state index contributed by atoms with van der Waals surface area (Å²) in [6.45, 7) is 0.00437. The van der Waals surface area contributed by atoms with Crippen LogP contribution in [0.4, 0.5) is 5.69 Å². The van der Waals surface area contributed by atoms with Crippen molar-refractivity contribution in [2.75, 3.05) is 12.3 Å². The molecule has 0 saturated heterocycles. The van der Waals surface area contributed by atoms with Gasteiger partial charge in [0.05, 0.1) is 6.61 Å². The molecule has 5 nitrogen and oxygen atoms in total. The van der Waals surface area contributed by atoms with E-state index in [9.17, 15) is 0 Å². The zero-order valence-corrected chi connectivity index (χ0v) is 9.94. The highest BCUT2D eigenvalue weighted by Gasteiger charge is 2.09. The summed E-state index contributed by atoms with van der Waals surface area (Å²) in [7, 11) is 0. The van der Waals surface area contributed by atoms with Crippen LogP contribution in [-0.2, 0) is 6.42 Å². The van der Waals surface area contributed by atoms with Crippen LogP contribution in [0.2, 0.25) is 0 Å². The SMILES string of the molecule is Nc1ccc(-c2nc(CCO)no2)cc1Br. The predicted molar refractivity (Wildman–Crippen MR) is 62.6 cm³/mol. The van der Waals surface area contributed by atoms with Gasteiger partial charge in [-0.15, -0.1) is 0 Å². The van der Waals surface area contributed by atoms with Gasteiger partial charge in [-0.2, -0.15) is 4.98 Å². The van der Waals surface area contributed by atoms with E-state index in [0.29, 0.717) is 23.8 Å². The predicted octanol–water partition coefficient (Wildman–Crippen LogP) is 1.62. The molecule has 0 aliphatic heterocycles. The van der Waals surface area contributed by atoms with Gasteiger partial charge in [-0.3, -0.25) is 0 Å². The quantitative estimate of drug-likeness (QED) is 0.836. The maximum absolute atomic E-state index is 8.73. The standard InChI is InChI=1S/C10H10BrN3O2/c11-7-5-6(1-2-8(7)12)10-13-9(3-4-15)14-16-10/h1-2,5,15H,3-4,12H2. The van der Waals surface area contributed by atoms with E-state index in [2.05, 4.69) is 26.1 Å². The van der Waals surface area contributed by atoms with E-state index < -0.39 is 0 Å². The van der Waals surface area contributed by atoms with Gasteiger partial charge in [0.2, 0.25) is 0 Å². The van der Waals surface area contributed by atoms with Crippen molar-refractivity contribution in [2.24, 2.45) is 0 Å². The van der Waals surface area contributed by atoms with Gasteiger partial charge in [-0.05, 0) is 34.1 Å². The van der Waals surface area contributed by atoms with Crippen molar-refractivity contribution in [2.45, 2.75) is 6.42 Å². The molecule has 0 radical (unpaired) electrons. The van der Waals surface area contributed by atoms with E-state index in [4.69, 9.17) is 15.4 Å². The lowest BCUT2D eigenvalue weighted by atomic mass is 10.2. The lowest BCUT2D eigenvalue weighted by Gasteiger charge is -1.98. The molecular weight excluding hydrogens is 274 g/mol. The Morgan fingerprint density at radius 1 is 1.44 bits per heavy atom. The number of nitrogens with two attached hydrogens (primary N) is 1. The Kier molecular flexibility index (Phi) is 3.21. The zero-order valence-electron chi connectivity index (χ0n) is 8.35. The first-order valence-electron chi connectivity index (χ1n) is 4.69. The third kappa shape index (κ3) is 2.23. The minimum Gasteiger partial charge on any atom is -0.398 e. The molecule has 3 N–H and O–H groups in total. The van der Waals surface area contributed by atoms with Crippen LogP contribution in [0.5, 0.6) is 0 Å². The summed E-state index contributed by atoms with van der Waals surface area (Å²) in [5, 5.41) is 12.5. The van der Waals surface area contributed by atoms with Crippen molar-refractivity contribution in [3.05, 3.63) is 28.5 Å². The van der Waals surface area contributed by atoms with Crippen LogP contribution in [0.25, 0.3) is 11.5 Å². The van der Waals surface area contributed by atoms with E-state index >= 15 is 0 Å². The summed E-state index contributed by atoms with van der Waals surface area (Å²) >= 11 is 3.33. The lowest BCUT2D eigenvalue weighted by Crippen LogP contribution is -1.92. The highest BCUT2D eigenvalue weighted by molar-refractivity contribution is 9.10. The highest BCUT2D eigenvalue weighted by atomic mass is 79.9. The maximum Gasteiger partial charge on any atom is 0.257 e. The molecule has 1 heterocycles. The van der Waals surface area contributed by atoms with Gasteiger partial charge >= 0.3 is 0 Å². The van der Waals surface area contributed by atoms with E-state index in [-0.39, 0.29) is 6.61 Å². The minimum absolute atomic E-state index is 0.00437. The van der Waals surface area contributed by atoms with Crippen molar-refractivity contribution in [1.29, 1.82) is 0 Å². The van der Waals surface area contributed by atoms with Gasteiger partial charge in [-0.1, -0.05) is 5.16 Å². The van der Waals surface area contributed by atoms with Crippen molar-refractivity contribution in [3.63, 3.8) is 0 Å². The number of hydrogen-bond donors (Lipinski definition) is 2. The Labute approximate surface area is 100 Å². The number of benzene rings is 1. The molecule has 0 atom stereocenters. The molecule has 2 aromatic rings. The fourth-order valence-electron chi connectivity index (χ4n) is 1.23. The summed E-state index contributed by atoms with van der Waals surface area (Å²) in [6, 6.07) is 5.37. The molecule has 0 aliphatic rings. The highest BCUT2D eigenvalue weighted by Crippen LogP contribution is 2.26. The topological polar surface area (TPSA) is 85.2 Å². The molecule has 6 heteroatoms. The van der Waals surface area contributed by atoms with Crippen LogP contribution < -0.4 is 5.73 Å². The van der Waals surface area contributed by atoms with Gasteiger partial charge in [0, 0.05) is 22.1 Å². The fraction of sp³-hybridized carbons (Fsp3) is 0.200. The summed E-state index contributed by atoms with van der Waals surface area (Å²) < 4.78 is 5.85. The van der Waals surface area contributed by atoms with Crippen molar-refractivity contribution < 1.29 is 9.63 Å². The average molecular weight is 284 g/mol. The number of aromatic nitrogens is 2. The summed E-state index contributed by atoms with van der Waals surface area (Å²) in [4.78, 5) is 4.14. The second-order valence-corrected chi connectivity index (χ2v) is 4.08. The van der Waals surface area contributed by atoms with Crippen molar-refractivity contribution in [1.82, 2.24) is 10.1 Å². The number of nitrogens with zero attached hydrogens (tertiary/aromatic N) is 2. The van der Waals surface area contributed by atoms with Crippen LogP contribution >= 0.6 is 15.9 Å². The number of halogens is 1. The first-order chi connectivity index (χ1) is 7.70. The summed E-state index contributed by atoms with van der Waals surface area (Å²) in [5.74, 6) is 0.912. The molecule has 0 bridgehead atoms. The van der Waals surface area contributed by atoms with Crippen LogP contribution in [0, 0.1) is 0 Å². The zero-order chi connectivity index (χ0) is 11.5. The third-order valence-corrected chi connectivity index (χ3v) is 2.74.